The fourth-order valence-corrected chi connectivity index (χ4v) is 3.83. The summed E-state index contributed by atoms with van der Waals surface area (Å²) in [6.07, 6.45) is 7.09. The molecule has 2 fully saturated rings. The third-order valence-corrected chi connectivity index (χ3v) is 4.92. The van der Waals surface area contributed by atoms with Crippen LogP contribution in [0.25, 0.3) is 0 Å². The van der Waals surface area contributed by atoms with E-state index in [2.05, 4.69) is 11.0 Å². The smallest absolute Gasteiger partial charge is 0.0426 e. The molecule has 2 nitrogen and oxygen atoms in total. The predicted molar refractivity (Wildman–Crippen MR) is 76.7 cm³/mol. The third kappa shape index (κ3) is 2.36. The van der Waals surface area contributed by atoms with Gasteiger partial charge in [-0.3, -0.25) is 4.90 Å². The van der Waals surface area contributed by atoms with Crippen molar-refractivity contribution in [3.8, 4) is 0 Å². The number of nitrogens with zero attached hydrogens (tertiary/aromatic N) is 1. The van der Waals surface area contributed by atoms with Gasteiger partial charge < -0.3 is 5.73 Å². The molecule has 0 aromatic heterocycles. The van der Waals surface area contributed by atoms with Crippen molar-refractivity contribution in [2.45, 2.75) is 38.6 Å². The molecular weight excluding hydrogens is 244 g/mol. The van der Waals surface area contributed by atoms with E-state index in [-0.39, 0.29) is 0 Å². The Bertz CT molecular complexity index is 438. The zero-order chi connectivity index (χ0) is 12.6. The monoisotopic (exact) mass is 264 g/mol. The number of likely N-dealkylation sites (tertiary alicyclic amines) is 1. The third-order valence-electron chi connectivity index (χ3n) is 4.68. The fourth-order valence-electron chi connectivity index (χ4n) is 3.65. The van der Waals surface area contributed by atoms with Crippen LogP contribution in [0.4, 0.5) is 5.69 Å². The standard InChI is InChI=1S/C15H21ClN2/c16-13-4-3-12(14(17)9-13)10-18-8-7-15(11-18)5-1-2-6-15/h3-4,9H,1-2,5-8,10-11,17H2. The van der Waals surface area contributed by atoms with E-state index in [1.165, 1.54) is 50.8 Å². The number of rotatable bonds is 2. The summed E-state index contributed by atoms with van der Waals surface area (Å²) in [6, 6.07) is 5.87. The summed E-state index contributed by atoms with van der Waals surface area (Å²) >= 11 is 5.94. The highest BCUT2D eigenvalue weighted by molar-refractivity contribution is 6.30. The molecule has 18 heavy (non-hydrogen) atoms. The molecule has 1 aliphatic heterocycles. The Balaban J connectivity index is 1.67. The Morgan fingerprint density at radius 1 is 1.22 bits per heavy atom. The molecule has 98 valence electrons. The SMILES string of the molecule is Nc1cc(Cl)ccc1CN1CCC2(CCCC2)C1. The van der Waals surface area contributed by atoms with Crippen molar-refractivity contribution < 1.29 is 0 Å². The first-order chi connectivity index (χ1) is 8.67. The van der Waals surface area contributed by atoms with Crippen molar-refractivity contribution in [1.29, 1.82) is 0 Å². The highest BCUT2D eigenvalue weighted by atomic mass is 35.5. The maximum absolute atomic E-state index is 6.03. The molecule has 1 saturated heterocycles. The zero-order valence-corrected chi connectivity index (χ0v) is 11.5. The summed E-state index contributed by atoms with van der Waals surface area (Å²) in [5.74, 6) is 0. The molecule has 2 aliphatic rings. The first kappa shape index (κ1) is 12.3. The van der Waals surface area contributed by atoms with Gasteiger partial charge in [-0.25, -0.2) is 0 Å². The average molecular weight is 265 g/mol. The molecule has 0 atom stereocenters. The normalized spacial score (nSPS) is 22.9. The molecule has 1 saturated carbocycles. The Kier molecular flexibility index (Phi) is 3.25. The first-order valence-corrected chi connectivity index (χ1v) is 7.31. The fraction of sp³-hybridized carbons (Fsp3) is 0.600. The number of benzene rings is 1. The number of hydrogen-bond acceptors (Lipinski definition) is 2. The maximum Gasteiger partial charge on any atom is 0.0426 e. The molecule has 1 spiro atoms. The van der Waals surface area contributed by atoms with E-state index >= 15 is 0 Å². The first-order valence-electron chi connectivity index (χ1n) is 6.93. The molecule has 2 N–H and O–H groups in total. The molecule has 1 aromatic rings. The zero-order valence-electron chi connectivity index (χ0n) is 10.8. The van der Waals surface area contributed by atoms with Gasteiger partial charge in [0.1, 0.15) is 0 Å². The quantitative estimate of drug-likeness (QED) is 0.826. The second kappa shape index (κ2) is 4.75. The number of halogens is 1. The Morgan fingerprint density at radius 2 is 2.00 bits per heavy atom. The summed E-state index contributed by atoms with van der Waals surface area (Å²) in [5.41, 5.74) is 8.72. The Hall–Kier alpha value is -0.730. The highest BCUT2D eigenvalue weighted by Crippen LogP contribution is 2.45. The van der Waals surface area contributed by atoms with Gasteiger partial charge in [0, 0.05) is 23.8 Å². The van der Waals surface area contributed by atoms with Gasteiger partial charge in [-0.1, -0.05) is 30.5 Å². The molecule has 1 heterocycles. The van der Waals surface area contributed by atoms with Crippen LogP contribution in [-0.2, 0) is 6.54 Å². The van der Waals surface area contributed by atoms with Crippen LogP contribution in [0.15, 0.2) is 18.2 Å². The number of nitrogens with two attached hydrogens (primary N) is 1. The van der Waals surface area contributed by atoms with Crippen LogP contribution in [0.1, 0.15) is 37.7 Å². The average Bonchev–Trinajstić information content (AvgIpc) is 2.94. The van der Waals surface area contributed by atoms with Crippen molar-refractivity contribution >= 4 is 17.3 Å². The van der Waals surface area contributed by atoms with Gasteiger partial charge in [0.2, 0.25) is 0 Å². The lowest BCUT2D eigenvalue weighted by Crippen LogP contribution is -2.25. The largest absolute Gasteiger partial charge is 0.398 e. The lowest BCUT2D eigenvalue weighted by Gasteiger charge is -2.23. The van der Waals surface area contributed by atoms with Crippen LogP contribution < -0.4 is 5.73 Å². The van der Waals surface area contributed by atoms with Gasteiger partial charge in [-0.2, -0.15) is 0 Å². The van der Waals surface area contributed by atoms with Crippen LogP contribution in [0.2, 0.25) is 5.02 Å². The van der Waals surface area contributed by atoms with Gasteiger partial charge in [0.25, 0.3) is 0 Å². The molecular formula is C15H21ClN2. The molecule has 0 amide bonds. The van der Waals surface area contributed by atoms with E-state index in [9.17, 15) is 0 Å². The van der Waals surface area contributed by atoms with Gasteiger partial charge >= 0.3 is 0 Å². The van der Waals surface area contributed by atoms with Crippen molar-refractivity contribution in [2.24, 2.45) is 5.41 Å². The van der Waals surface area contributed by atoms with E-state index < -0.39 is 0 Å². The van der Waals surface area contributed by atoms with Crippen molar-refractivity contribution in [1.82, 2.24) is 4.90 Å². The van der Waals surface area contributed by atoms with E-state index in [0.717, 1.165) is 17.3 Å². The predicted octanol–water partition coefficient (Wildman–Crippen LogP) is 3.69. The van der Waals surface area contributed by atoms with Gasteiger partial charge in [-0.05, 0) is 48.9 Å². The molecule has 0 unspecified atom stereocenters. The van der Waals surface area contributed by atoms with Crippen molar-refractivity contribution in [3.63, 3.8) is 0 Å². The highest BCUT2D eigenvalue weighted by Gasteiger charge is 2.39. The van der Waals surface area contributed by atoms with Crippen LogP contribution in [-0.4, -0.2) is 18.0 Å². The van der Waals surface area contributed by atoms with Crippen molar-refractivity contribution in [3.05, 3.63) is 28.8 Å². The molecule has 3 rings (SSSR count). The minimum Gasteiger partial charge on any atom is -0.398 e. The number of nitrogen functional groups attached to an aromatic ring is 1. The van der Waals surface area contributed by atoms with Crippen molar-refractivity contribution in [2.75, 3.05) is 18.8 Å². The minimum absolute atomic E-state index is 0.640. The Morgan fingerprint density at radius 3 is 2.72 bits per heavy atom. The second-order valence-electron chi connectivity index (χ2n) is 6.01. The summed E-state index contributed by atoms with van der Waals surface area (Å²) in [7, 11) is 0. The van der Waals surface area contributed by atoms with Crippen LogP contribution in [0, 0.1) is 5.41 Å². The topological polar surface area (TPSA) is 29.3 Å². The minimum atomic E-state index is 0.640. The molecule has 0 radical (unpaired) electrons. The second-order valence-corrected chi connectivity index (χ2v) is 6.45. The summed E-state index contributed by atoms with van der Waals surface area (Å²) in [6.45, 7) is 3.46. The molecule has 3 heteroatoms. The van der Waals surface area contributed by atoms with Gasteiger partial charge in [0.05, 0.1) is 0 Å². The lowest BCUT2D eigenvalue weighted by molar-refractivity contribution is 0.256. The van der Waals surface area contributed by atoms with Gasteiger partial charge in [0.15, 0.2) is 0 Å². The van der Waals surface area contributed by atoms with E-state index in [4.69, 9.17) is 17.3 Å². The van der Waals surface area contributed by atoms with Gasteiger partial charge in [-0.15, -0.1) is 0 Å². The molecule has 1 aromatic carbocycles. The van der Waals surface area contributed by atoms with E-state index in [1.54, 1.807) is 0 Å². The number of anilines is 1. The van der Waals surface area contributed by atoms with E-state index in [1.807, 2.05) is 12.1 Å². The van der Waals surface area contributed by atoms with Crippen LogP contribution >= 0.6 is 11.6 Å². The lowest BCUT2D eigenvalue weighted by atomic mass is 9.86. The van der Waals surface area contributed by atoms with Crippen LogP contribution in [0.3, 0.4) is 0 Å². The maximum atomic E-state index is 6.03. The number of hydrogen-bond donors (Lipinski definition) is 1. The molecule has 1 aliphatic carbocycles. The summed E-state index contributed by atoms with van der Waals surface area (Å²) in [5, 5.41) is 0.727. The molecule has 0 bridgehead atoms. The summed E-state index contributed by atoms with van der Waals surface area (Å²) < 4.78 is 0. The van der Waals surface area contributed by atoms with Crippen LogP contribution in [0.5, 0.6) is 0 Å². The van der Waals surface area contributed by atoms with E-state index in [0.29, 0.717) is 5.41 Å². The summed E-state index contributed by atoms with van der Waals surface area (Å²) in [4.78, 5) is 2.56. The Labute approximate surface area is 114 Å².